The Kier molecular flexibility index (Phi) is 4.67. The summed E-state index contributed by atoms with van der Waals surface area (Å²) < 4.78 is 0. The molecular weight excluding hydrogens is 206 g/mol. The van der Waals surface area contributed by atoms with E-state index in [-0.39, 0.29) is 0 Å². The molecule has 0 aliphatic heterocycles. The molecule has 5 N–H and O–H groups in total. The van der Waals surface area contributed by atoms with E-state index in [4.69, 9.17) is 5.73 Å². The maximum absolute atomic E-state index is 9.95. The van der Waals surface area contributed by atoms with E-state index >= 15 is 0 Å². The summed E-state index contributed by atoms with van der Waals surface area (Å²) in [5.74, 6) is 0. The molecule has 90 valence electrons. The van der Waals surface area contributed by atoms with Crippen LogP contribution >= 0.6 is 0 Å². The Morgan fingerprint density at radius 3 is 2.81 bits per heavy atom. The number of nitrogens with two attached hydrogens (primary N) is 1. The van der Waals surface area contributed by atoms with Crippen LogP contribution in [-0.4, -0.2) is 34.9 Å². The van der Waals surface area contributed by atoms with Gasteiger partial charge in [-0.25, -0.2) is 0 Å². The average Bonchev–Trinajstić information content (AvgIpc) is 2.28. The number of aryl methyl sites for hydroxylation is 1. The van der Waals surface area contributed by atoms with Crippen LogP contribution < -0.4 is 11.1 Å². The Labute approximate surface area is 95.3 Å². The highest BCUT2D eigenvalue weighted by atomic mass is 16.3. The zero-order valence-electron chi connectivity index (χ0n) is 9.64. The highest BCUT2D eigenvalue weighted by Crippen LogP contribution is 2.22. The van der Waals surface area contributed by atoms with E-state index in [9.17, 15) is 10.2 Å². The molecule has 0 fully saturated rings. The van der Waals surface area contributed by atoms with Gasteiger partial charge in [0.15, 0.2) is 0 Å². The molecule has 16 heavy (non-hydrogen) atoms. The van der Waals surface area contributed by atoms with E-state index in [0.717, 1.165) is 0 Å². The summed E-state index contributed by atoms with van der Waals surface area (Å²) in [6.07, 6.45) is 0.261. The first-order valence-electron chi connectivity index (χ1n) is 5.29. The number of rotatable bonds is 5. The van der Waals surface area contributed by atoms with Crippen molar-refractivity contribution in [2.24, 2.45) is 0 Å². The van der Waals surface area contributed by atoms with Gasteiger partial charge in [-0.1, -0.05) is 0 Å². The number of nitrogens with one attached hydrogen (secondary N) is 1. The lowest BCUT2D eigenvalue weighted by atomic mass is 10.0. The van der Waals surface area contributed by atoms with Gasteiger partial charge in [0.2, 0.25) is 0 Å². The minimum absolute atomic E-state index is 0.478. The van der Waals surface area contributed by atoms with Crippen molar-refractivity contribution in [3.05, 3.63) is 23.5 Å². The van der Waals surface area contributed by atoms with E-state index in [2.05, 4.69) is 10.3 Å². The molecule has 0 aromatic carbocycles. The molecule has 0 spiro atoms. The zero-order valence-corrected chi connectivity index (χ0v) is 9.64. The Balaban J connectivity index is 2.78. The standard InChI is InChI=1S/C11H19N3O2/c1-7-9(5-8(12)6-14-7)11(16)10(15)3-4-13-2/h5-6,10-11,13,15-16H,3-4,12H2,1-2H3. The minimum Gasteiger partial charge on any atom is -0.397 e. The normalized spacial score (nSPS) is 14.8. The number of pyridine rings is 1. The van der Waals surface area contributed by atoms with Gasteiger partial charge in [-0.05, 0) is 33.0 Å². The summed E-state index contributed by atoms with van der Waals surface area (Å²) >= 11 is 0. The van der Waals surface area contributed by atoms with E-state index in [0.29, 0.717) is 29.9 Å². The predicted octanol–water partition coefficient (Wildman–Crippen LogP) is -0.0240. The van der Waals surface area contributed by atoms with Crippen LogP contribution in [0.3, 0.4) is 0 Å². The Bertz CT molecular complexity index is 344. The second kappa shape index (κ2) is 5.79. The lowest BCUT2D eigenvalue weighted by molar-refractivity contribution is 0.0135. The topological polar surface area (TPSA) is 91.4 Å². The van der Waals surface area contributed by atoms with Crippen molar-refractivity contribution in [2.45, 2.75) is 25.6 Å². The summed E-state index contributed by atoms with van der Waals surface area (Å²) in [4.78, 5) is 4.05. The zero-order chi connectivity index (χ0) is 12.1. The van der Waals surface area contributed by atoms with Gasteiger partial charge in [0, 0.05) is 11.3 Å². The number of nitrogen functional groups attached to an aromatic ring is 1. The SMILES string of the molecule is CNCCC(O)C(O)c1cc(N)cnc1C. The summed E-state index contributed by atoms with van der Waals surface area (Å²) in [7, 11) is 1.80. The van der Waals surface area contributed by atoms with Crippen LogP contribution in [0, 0.1) is 6.92 Å². The number of aromatic nitrogens is 1. The van der Waals surface area contributed by atoms with Gasteiger partial charge >= 0.3 is 0 Å². The molecule has 1 heterocycles. The molecule has 0 radical (unpaired) electrons. The first kappa shape index (κ1) is 12.9. The van der Waals surface area contributed by atoms with E-state index in [1.165, 1.54) is 6.20 Å². The van der Waals surface area contributed by atoms with Gasteiger partial charge in [-0.2, -0.15) is 0 Å². The van der Waals surface area contributed by atoms with Crippen LogP contribution in [0.2, 0.25) is 0 Å². The number of hydrogen-bond acceptors (Lipinski definition) is 5. The third-order valence-corrected chi connectivity index (χ3v) is 2.52. The van der Waals surface area contributed by atoms with E-state index < -0.39 is 12.2 Å². The van der Waals surface area contributed by atoms with Gasteiger partial charge in [0.05, 0.1) is 18.0 Å². The molecule has 1 rings (SSSR count). The molecule has 0 aliphatic rings. The fraction of sp³-hybridized carbons (Fsp3) is 0.545. The number of nitrogens with zero attached hydrogens (tertiary/aromatic N) is 1. The molecule has 0 saturated carbocycles. The van der Waals surface area contributed by atoms with Gasteiger partial charge in [0.1, 0.15) is 6.10 Å². The molecule has 2 atom stereocenters. The maximum atomic E-state index is 9.95. The number of hydrogen-bond donors (Lipinski definition) is 4. The van der Waals surface area contributed by atoms with Crippen LogP contribution in [0.15, 0.2) is 12.3 Å². The molecule has 0 saturated heterocycles. The van der Waals surface area contributed by atoms with Crippen molar-refractivity contribution in [1.82, 2.24) is 10.3 Å². The first-order valence-corrected chi connectivity index (χ1v) is 5.29. The first-order chi connectivity index (χ1) is 7.56. The molecule has 5 heteroatoms. The fourth-order valence-corrected chi connectivity index (χ4v) is 1.52. The molecule has 5 nitrogen and oxygen atoms in total. The van der Waals surface area contributed by atoms with Crippen LogP contribution in [0.25, 0.3) is 0 Å². The van der Waals surface area contributed by atoms with Crippen molar-refractivity contribution in [3.8, 4) is 0 Å². The van der Waals surface area contributed by atoms with Crippen LogP contribution in [0.4, 0.5) is 5.69 Å². The molecule has 0 aliphatic carbocycles. The summed E-state index contributed by atoms with van der Waals surface area (Å²) in [6, 6.07) is 1.65. The summed E-state index contributed by atoms with van der Waals surface area (Å²) in [6.45, 7) is 2.43. The molecule has 2 unspecified atom stereocenters. The molecule has 0 amide bonds. The lowest BCUT2D eigenvalue weighted by Gasteiger charge is -2.19. The van der Waals surface area contributed by atoms with Crippen molar-refractivity contribution in [1.29, 1.82) is 0 Å². The monoisotopic (exact) mass is 225 g/mol. The molecule has 0 bridgehead atoms. The van der Waals surface area contributed by atoms with Crippen LogP contribution in [0.5, 0.6) is 0 Å². The van der Waals surface area contributed by atoms with Crippen molar-refractivity contribution in [3.63, 3.8) is 0 Å². The van der Waals surface area contributed by atoms with Gasteiger partial charge in [0.25, 0.3) is 0 Å². The summed E-state index contributed by atoms with van der Waals surface area (Å²) in [5, 5.41) is 22.6. The van der Waals surface area contributed by atoms with Crippen LogP contribution in [-0.2, 0) is 0 Å². The van der Waals surface area contributed by atoms with Crippen molar-refractivity contribution >= 4 is 5.69 Å². The Morgan fingerprint density at radius 1 is 1.50 bits per heavy atom. The molecular formula is C11H19N3O2. The van der Waals surface area contributed by atoms with Crippen molar-refractivity contribution < 1.29 is 10.2 Å². The highest BCUT2D eigenvalue weighted by Gasteiger charge is 2.20. The summed E-state index contributed by atoms with van der Waals surface area (Å²) in [5.41, 5.74) is 7.36. The van der Waals surface area contributed by atoms with E-state index in [1.54, 1.807) is 20.0 Å². The quantitative estimate of drug-likeness (QED) is 0.565. The third-order valence-electron chi connectivity index (χ3n) is 2.52. The molecule has 1 aromatic rings. The second-order valence-corrected chi connectivity index (χ2v) is 3.85. The number of aliphatic hydroxyl groups is 2. The van der Waals surface area contributed by atoms with E-state index in [1.807, 2.05) is 0 Å². The Hall–Kier alpha value is -1.17. The van der Waals surface area contributed by atoms with Crippen LogP contribution in [0.1, 0.15) is 23.8 Å². The third kappa shape index (κ3) is 3.16. The Morgan fingerprint density at radius 2 is 2.19 bits per heavy atom. The van der Waals surface area contributed by atoms with Crippen molar-refractivity contribution in [2.75, 3.05) is 19.3 Å². The fourth-order valence-electron chi connectivity index (χ4n) is 1.52. The average molecular weight is 225 g/mol. The van der Waals surface area contributed by atoms with Gasteiger partial charge in [-0.15, -0.1) is 0 Å². The second-order valence-electron chi connectivity index (χ2n) is 3.85. The van der Waals surface area contributed by atoms with Gasteiger partial charge in [-0.3, -0.25) is 4.98 Å². The lowest BCUT2D eigenvalue weighted by Crippen LogP contribution is -2.24. The smallest absolute Gasteiger partial charge is 0.107 e. The van der Waals surface area contributed by atoms with Gasteiger partial charge < -0.3 is 21.3 Å². The highest BCUT2D eigenvalue weighted by molar-refractivity contribution is 5.40. The number of anilines is 1. The molecule has 1 aromatic heterocycles. The number of aliphatic hydroxyl groups excluding tert-OH is 2. The predicted molar refractivity (Wildman–Crippen MR) is 62.9 cm³/mol. The largest absolute Gasteiger partial charge is 0.397 e. The maximum Gasteiger partial charge on any atom is 0.107 e. The minimum atomic E-state index is -0.940.